The molecule has 0 aliphatic carbocycles. The molecule has 0 atom stereocenters. The van der Waals surface area contributed by atoms with E-state index in [0.29, 0.717) is 39.5 Å². The highest BCUT2D eigenvalue weighted by Crippen LogP contribution is 2.40. The Morgan fingerprint density at radius 1 is 0.408 bits per heavy atom. The highest BCUT2D eigenvalue weighted by atomic mass is 32.2. The van der Waals surface area contributed by atoms with Gasteiger partial charge in [-0.15, -0.1) is 12.6 Å². The Kier molecular flexibility index (Phi) is 18.0. The number of methoxy groups -OCH3 is 1. The molecule has 8 aromatic rings. The molecule has 0 aliphatic heterocycles. The van der Waals surface area contributed by atoms with Crippen molar-refractivity contribution >= 4 is 58.3 Å². The van der Waals surface area contributed by atoms with Gasteiger partial charge in [0.25, 0.3) is 30.4 Å². The first-order valence-electron chi connectivity index (χ1n) is 21.6. The number of hydrogen-bond acceptors (Lipinski definition) is 16. The van der Waals surface area contributed by atoms with Crippen molar-refractivity contribution in [2.75, 3.05) is 7.11 Å². The number of phenolic OH excluding ortho intramolecular Hbond substituents is 1. The molecule has 0 saturated heterocycles. The van der Waals surface area contributed by atoms with Crippen molar-refractivity contribution in [3.05, 3.63) is 221 Å². The van der Waals surface area contributed by atoms with Crippen molar-refractivity contribution in [3.8, 4) is 45.6 Å². The van der Waals surface area contributed by atoms with E-state index in [-0.39, 0.29) is 50.9 Å². The van der Waals surface area contributed by atoms with Gasteiger partial charge in [-0.3, -0.25) is 28.0 Å². The lowest BCUT2D eigenvalue weighted by Gasteiger charge is -2.16. The van der Waals surface area contributed by atoms with Crippen LogP contribution in [0, 0.1) is 6.92 Å². The molecule has 76 heavy (non-hydrogen) atoms. The number of ether oxygens (including phenoxy) is 3. The van der Waals surface area contributed by atoms with E-state index in [2.05, 4.69) is 0 Å². The van der Waals surface area contributed by atoms with Crippen LogP contribution in [0.4, 0.5) is 0 Å². The predicted octanol–water partition coefficient (Wildman–Crippen LogP) is 9.08. The van der Waals surface area contributed by atoms with Crippen LogP contribution in [0.25, 0.3) is 11.1 Å². The average Bonchev–Trinajstić information content (AvgIpc) is 3.41. The largest absolute Gasteiger partial charge is 0.508 e. The molecule has 390 valence electrons. The van der Waals surface area contributed by atoms with Crippen LogP contribution >= 0.6 is 0 Å². The highest BCUT2D eigenvalue weighted by molar-refractivity contribution is 7.87. The molecular formula is C53H40O19S4. The Bertz CT molecular complexity index is 3850. The fourth-order valence-electron chi connectivity index (χ4n) is 7.01. The summed E-state index contributed by atoms with van der Waals surface area (Å²) in [6.07, 6.45) is 0. The van der Waals surface area contributed by atoms with Crippen LogP contribution in [0.2, 0.25) is 0 Å². The maximum Gasteiger partial charge on any atom is 0.425 e. The SMILES string of the molecule is COc1ccc(C(=O)c2ccc(Oc3ccc(C(=O)c4ccccc4)cc3)cc2)cc1.Cc1ccc(-c2cc(S(=O)(=O)O)c(Oc3ccc(C(=O)c4ccc(O)cc4)cc3)c(S(=O)(=O)O)c2)cc1S(=O)(=O)O.O=S(=O)=O. The Balaban J connectivity index is 0.000000238. The lowest BCUT2D eigenvalue weighted by molar-refractivity contribution is 0.103. The molecule has 8 aromatic carbocycles. The lowest BCUT2D eigenvalue weighted by atomic mass is 10.0. The van der Waals surface area contributed by atoms with Gasteiger partial charge in [0, 0.05) is 33.4 Å². The van der Waals surface area contributed by atoms with Crippen molar-refractivity contribution in [1.29, 1.82) is 0 Å². The molecule has 0 saturated carbocycles. The summed E-state index contributed by atoms with van der Waals surface area (Å²) in [6, 6.07) is 45.7. The molecule has 0 heterocycles. The summed E-state index contributed by atoms with van der Waals surface area (Å²) in [4.78, 5) is 35.1. The maximum atomic E-state index is 12.7. The first kappa shape index (κ1) is 56.6. The van der Waals surface area contributed by atoms with E-state index < -0.39 is 67.2 Å². The second-order valence-electron chi connectivity index (χ2n) is 15.8. The van der Waals surface area contributed by atoms with Gasteiger partial charge in [0.2, 0.25) is 0 Å². The van der Waals surface area contributed by atoms with Gasteiger partial charge < -0.3 is 19.3 Å². The van der Waals surface area contributed by atoms with Gasteiger partial charge in [0.15, 0.2) is 23.1 Å². The topological polar surface area (TPSA) is 313 Å². The molecule has 8 rings (SSSR count). The maximum absolute atomic E-state index is 12.7. The molecule has 0 radical (unpaired) electrons. The van der Waals surface area contributed by atoms with E-state index in [1.165, 1.54) is 67.6 Å². The molecule has 0 fully saturated rings. The summed E-state index contributed by atoms with van der Waals surface area (Å²) in [5.74, 6) is 0.190. The standard InChI is InChI=1S/C27H20O4.C26H20O12S3.O3S/c1-30-23-13-7-20(8-14-23)27(29)22-11-17-25(18-12-22)31-24-15-9-21(10-16-24)26(28)19-5-3-2-4-6-19;1-15-2-3-18(12-22(15)39(29,30)31)19-13-23(40(32,33)34)26(24(14-19)41(35,36)37)38-21-10-6-17(7-11-21)25(28)16-4-8-20(27)9-5-16;1-4(2)3/h2-18H,1H3;2-14,27H,1H3,(H,29,30,31)(H,32,33,34)(H,35,36,37);. The Morgan fingerprint density at radius 3 is 1.08 bits per heavy atom. The summed E-state index contributed by atoms with van der Waals surface area (Å²) < 4.78 is 144. The number of carbonyl (C=O) groups is 3. The molecule has 19 nitrogen and oxygen atoms in total. The number of aryl methyl sites for hydroxylation is 1. The minimum absolute atomic E-state index is 0.0338. The Hall–Kier alpha value is -8.68. The van der Waals surface area contributed by atoms with Crippen LogP contribution < -0.4 is 14.2 Å². The van der Waals surface area contributed by atoms with Gasteiger partial charge in [0.05, 0.1) is 12.0 Å². The molecule has 0 bridgehead atoms. The van der Waals surface area contributed by atoms with Gasteiger partial charge in [-0.2, -0.15) is 25.3 Å². The number of hydrogen-bond donors (Lipinski definition) is 4. The van der Waals surface area contributed by atoms with Gasteiger partial charge in [-0.25, -0.2) is 0 Å². The smallest absolute Gasteiger partial charge is 0.425 e. The van der Waals surface area contributed by atoms with E-state index in [4.69, 9.17) is 26.8 Å². The van der Waals surface area contributed by atoms with Gasteiger partial charge in [-0.05, 0) is 163 Å². The van der Waals surface area contributed by atoms with Crippen molar-refractivity contribution < 1.29 is 85.2 Å². The molecule has 4 N–H and O–H groups in total. The second-order valence-corrected chi connectivity index (χ2v) is 20.4. The van der Waals surface area contributed by atoms with Crippen LogP contribution in [0.1, 0.15) is 53.3 Å². The third kappa shape index (κ3) is 15.0. The van der Waals surface area contributed by atoms with E-state index >= 15 is 0 Å². The van der Waals surface area contributed by atoms with E-state index in [1.807, 2.05) is 18.2 Å². The first-order chi connectivity index (χ1) is 35.8. The summed E-state index contributed by atoms with van der Waals surface area (Å²) in [6.45, 7) is 1.38. The summed E-state index contributed by atoms with van der Waals surface area (Å²) >= 11 is 0. The van der Waals surface area contributed by atoms with Crippen LogP contribution in [0.5, 0.6) is 34.5 Å². The first-order valence-corrected chi connectivity index (χ1v) is 26.9. The average molecular weight is 1110 g/mol. The second kappa shape index (κ2) is 24.1. The van der Waals surface area contributed by atoms with Crippen molar-refractivity contribution in [2.45, 2.75) is 21.6 Å². The minimum atomic E-state index is -5.22. The molecular weight excluding hydrogens is 1070 g/mol. The zero-order valence-corrected chi connectivity index (χ0v) is 42.6. The Labute approximate surface area is 436 Å². The van der Waals surface area contributed by atoms with Crippen molar-refractivity contribution in [3.63, 3.8) is 0 Å². The van der Waals surface area contributed by atoms with Gasteiger partial charge in [0.1, 0.15) is 38.5 Å². The Morgan fingerprint density at radius 2 is 0.724 bits per heavy atom. The third-order valence-electron chi connectivity index (χ3n) is 10.7. The number of benzene rings is 8. The monoisotopic (exact) mass is 1110 g/mol. The van der Waals surface area contributed by atoms with Crippen LogP contribution in [0.3, 0.4) is 0 Å². The molecule has 0 aromatic heterocycles. The fourth-order valence-corrected chi connectivity index (χ4v) is 9.15. The van der Waals surface area contributed by atoms with Crippen LogP contribution in [-0.4, -0.2) is 81.1 Å². The van der Waals surface area contributed by atoms with E-state index in [9.17, 15) is 58.4 Å². The fraction of sp³-hybridized carbons (Fsp3) is 0.0377. The van der Waals surface area contributed by atoms with Gasteiger partial charge >= 0.3 is 10.6 Å². The van der Waals surface area contributed by atoms with E-state index in [1.54, 1.807) is 92.0 Å². The van der Waals surface area contributed by atoms with Crippen molar-refractivity contribution in [2.24, 2.45) is 0 Å². The molecule has 23 heteroatoms. The summed E-state index contributed by atoms with van der Waals surface area (Å²) in [5, 5.41) is 9.40. The zero-order valence-electron chi connectivity index (χ0n) is 39.4. The molecule has 0 unspecified atom stereocenters. The summed E-state index contributed by atoms with van der Waals surface area (Å²) in [5.41, 5.74) is 2.61. The number of phenols is 1. The molecule has 0 spiro atoms. The predicted molar refractivity (Wildman–Crippen MR) is 273 cm³/mol. The number of ketones is 3. The lowest BCUT2D eigenvalue weighted by Crippen LogP contribution is -2.09. The quantitative estimate of drug-likeness (QED) is 0.0549. The van der Waals surface area contributed by atoms with Gasteiger partial charge in [-0.1, -0.05) is 42.5 Å². The number of rotatable bonds is 15. The van der Waals surface area contributed by atoms with Crippen molar-refractivity contribution in [1.82, 2.24) is 0 Å². The third-order valence-corrected chi connectivity index (χ3v) is 13.4. The minimum Gasteiger partial charge on any atom is -0.508 e. The van der Waals surface area contributed by atoms with Crippen LogP contribution in [0.15, 0.2) is 197 Å². The normalized spacial score (nSPS) is 11.1. The van der Waals surface area contributed by atoms with Crippen LogP contribution in [-0.2, 0) is 41.0 Å². The molecule has 0 amide bonds. The molecule has 0 aliphatic rings. The number of aromatic hydroxyl groups is 1. The zero-order chi connectivity index (χ0) is 55.5. The highest BCUT2D eigenvalue weighted by Gasteiger charge is 2.29. The summed E-state index contributed by atoms with van der Waals surface area (Å²) in [7, 11) is -16.7. The van der Waals surface area contributed by atoms with E-state index in [0.717, 1.165) is 18.2 Å². The number of carbonyl (C=O) groups excluding carboxylic acids is 3.